The minimum absolute atomic E-state index is 0.164. The van der Waals surface area contributed by atoms with E-state index in [4.69, 9.17) is 23.2 Å². The molecule has 1 aliphatic heterocycles. The summed E-state index contributed by atoms with van der Waals surface area (Å²) in [6.07, 6.45) is 0. The van der Waals surface area contributed by atoms with Crippen LogP contribution in [0.4, 0.5) is 11.4 Å². The lowest BCUT2D eigenvalue weighted by atomic mass is 10.00. The molecule has 0 aliphatic carbocycles. The van der Waals surface area contributed by atoms with E-state index in [1.165, 1.54) is 0 Å². The molecule has 5 heteroatoms. The fourth-order valence-electron chi connectivity index (χ4n) is 2.95. The summed E-state index contributed by atoms with van der Waals surface area (Å²) < 4.78 is 0. The molecule has 0 atom stereocenters. The van der Waals surface area contributed by atoms with Gasteiger partial charge in [-0.3, -0.25) is 4.79 Å². The van der Waals surface area contributed by atoms with Crippen molar-refractivity contribution in [2.24, 2.45) is 0 Å². The van der Waals surface area contributed by atoms with Crippen LogP contribution >= 0.6 is 23.2 Å². The number of hydrogen-bond acceptors (Lipinski definition) is 2. The highest BCUT2D eigenvalue weighted by molar-refractivity contribution is 6.38. The molecule has 3 aromatic rings. The summed E-state index contributed by atoms with van der Waals surface area (Å²) in [4.78, 5) is 12.7. The number of hydrogen-bond donors (Lipinski definition) is 2. The van der Waals surface area contributed by atoms with Gasteiger partial charge in [0.2, 0.25) is 0 Å². The molecule has 4 rings (SSSR count). The van der Waals surface area contributed by atoms with Gasteiger partial charge in [-0.25, -0.2) is 0 Å². The molecule has 0 saturated heterocycles. The van der Waals surface area contributed by atoms with Crippen molar-refractivity contribution >= 4 is 51.8 Å². The SMILES string of the molecule is O=C1Nc2cc(Cl)ccc2/C1=C(/Nc1ccc(Cl)cc1)c1ccccc1. The molecule has 0 aromatic heterocycles. The van der Waals surface area contributed by atoms with Gasteiger partial charge < -0.3 is 10.6 Å². The second-order valence-corrected chi connectivity index (χ2v) is 6.76. The zero-order valence-electron chi connectivity index (χ0n) is 13.6. The Bertz CT molecular complexity index is 1010. The molecule has 2 N–H and O–H groups in total. The van der Waals surface area contributed by atoms with E-state index in [9.17, 15) is 4.79 Å². The summed E-state index contributed by atoms with van der Waals surface area (Å²) in [6.45, 7) is 0. The molecule has 1 heterocycles. The van der Waals surface area contributed by atoms with Gasteiger partial charge in [0.05, 0.1) is 17.0 Å². The Morgan fingerprint density at radius 2 is 1.54 bits per heavy atom. The van der Waals surface area contributed by atoms with E-state index in [1.54, 1.807) is 24.3 Å². The summed E-state index contributed by atoms with van der Waals surface area (Å²) in [6, 6.07) is 22.5. The van der Waals surface area contributed by atoms with Crippen LogP contribution < -0.4 is 10.6 Å². The first-order valence-electron chi connectivity index (χ1n) is 8.05. The van der Waals surface area contributed by atoms with Crippen LogP contribution in [0.2, 0.25) is 10.0 Å². The predicted molar refractivity (Wildman–Crippen MR) is 108 cm³/mol. The number of halogens is 2. The molecule has 0 spiro atoms. The van der Waals surface area contributed by atoms with Crippen LogP contribution in [0, 0.1) is 0 Å². The monoisotopic (exact) mass is 380 g/mol. The lowest BCUT2D eigenvalue weighted by Crippen LogP contribution is -2.10. The van der Waals surface area contributed by atoms with E-state index in [0.717, 1.165) is 22.5 Å². The van der Waals surface area contributed by atoms with Crippen LogP contribution in [-0.4, -0.2) is 5.91 Å². The summed E-state index contributed by atoms with van der Waals surface area (Å²) in [7, 11) is 0. The van der Waals surface area contributed by atoms with E-state index in [1.807, 2.05) is 48.5 Å². The highest BCUT2D eigenvalue weighted by Crippen LogP contribution is 2.38. The Kier molecular flexibility index (Phi) is 4.41. The molecule has 1 aliphatic rings. The van der Waals surface area contributed by atoms with Gasteiger partial charge in [0, 0.05) is 21.3 Å². The van der Waals surface area contributed by atoms with Gasteiger partial charge in [0.25, 0.3) is 5.91 Å². The minimum Gasteiger partial charge on any atom is -0.354 e. The third kappa shape index (κ3) is 3.19. The molecule has 128 valence electrons. The zero-order valence-corrected chi connectivity index (χ0v) is 15.1. The smallest absolute Gasteiger partial charge is 0.258 e. The third-order valence-corrected chi connectivity index (χ3v) is 4.64. The number of carbonyl (C=O) groups excluding carboxylic acids is 1. The minimum atomic E-state index is -0.164. The highest BCUT2D eigenvalue weighted by atomic mass is 35.5. The topological polar surface area (TPSA) is 41.1 Å². The van der Waals surface area contributed by atoms with Crippen LogP contribution in [-0.2, 0) is 4.79 Å². The van der Waals surface area contributed by atoms with E-state index in [0.29, 0.717) is 21.3 Å². The first kappa shape index (κ1) is 16.7. The van der Waals surface area contributed by atoms with Crippen LogP contribution in [0.3, 0.4) is 0 Å². The Balaban J connectivity index is 1.89. The van der Waals surface area contributed by atoms with Crippen molar-refractivity contribution in [3.05, 3.63) is 94.0 Å². The standard InChI is InChI=1S/C21H14Cl2N2O/c22-14-6-9-16(10-7-14)24-20(13-4-2-1-3-5-13)19-17-11-8-15(23)12-18(17)25-21(19)26/h1-12,24H,(H,25,26)/b20-19-. The fourth-order valence-corrected chi connectivity index (χ4v) is 3.25. The number of benzene rings is 3. The molecule has 0 bridgehead atoms. The molecule has 3 nitrogen and oxygen atoms in total. The van der Waals surface area contributed by atoms with Crippen LogP contribution in [0.5, 0.6) is 0 Å². The van der Waals surface area contributed by atoms with Crippen molar-refractivity contribution < 1.29 is 4.79 Å². The molecular formula is C21H14Cl2N2O. The average Bonchev–Trinajstić information content (AvgIpc) is 2.97. The second-order valence-electron chi connectivity index (χ2n) is 5.89. The third-order valence-electron chi connectivity index (χ3n) is 4.15. The van der Waals surface area contributed by atoms with Gasteiger partial charge in [-0.1, -0.05) is 59.6 Å². The van der Waals surface area contributed by atoms with E-state index < -0.39 is 0 Å². The number of nitrogens with one attached hydrogen (secondary N) is 2. The summed E-state index contributed by atoms with van der Waals surface area (Å²) in [5.74, 6) is -0.164. The molecule has 3 aromatic carbocycles. The molecule has 0 fully saturated rings. The summed E-state index contributed by atoms with van der Waals surface area (Å²) >= 11 is 12.0. The number of carbonyl (C=O) groups is 1. The van der Waals surface area contributed by atoms with Gasteiger partial charge >= 0.3 is 0 Å². The fraction of sp³-hybridized carbons (Fsp3) is 0. The molecule has 1 amide bonds. The molecule has 0 radical (unpaired) electrons. The van der Waals surface area contributed by atoms with Crippen molar-refractivity contribution in [3.63, 3.8) is 0 Å². The van der Waals surface area contributed by atoms with Crippen LogP contribution in [0.25, 0.3) is 11.3 Å². The first-order valence-corrected chi connectivity index (χ1v) is 8.81. The Labute approximate surface area is 161 Å². The van der Waals surface area contributed by atoms with Crippen molar-refractivity contribution in [1.29, 1.82) is 0 Å². The number of fused-ring (bicyclic) bond motifs is 1. The normalized spacial score (nSPS) is 14.6. The number of rotatable bonds is 3. The van der Waals surface area contributed by atoms with Gasteiger partial charge in [-0.2, -0.15) is 0 Å². The maximum absolute atomic E-state index is 12.7. The van der Waals surface area contributed by atoms with Crippen molar-refractivity contribution in [3.8, 4) is 0 Å². The molecule has 26 heavy (non-hydrogen) atoms. The summed E-state index contributed by atoms with van der Waals surface area (Å²) in [5.41, 5.74) is 4.60. The van der Waals surface area contributed by atoms with Gasteiger partial charge in [0.15, 0.2) is 0 Å². The number of anilines is 2. The Morgan fingerprint density at radius 3 is 2.27 bits per heavy atom. The van der Waals surface area contributed by atoms with Gasteiger partial charge in [0.1, 0.15) is 0 Å². The lowest BCUT2D eigenvalue weighted by molar-refractivity contribution is -0.110. The van der Waals surface area contributed by atoms with Crippen LogP contribution in [0.1, 0.15) is 11.1 Å². The van der Waals surface area contributed by atoms with E-state index >= 15 is 0 Å². The van der Waals surface area contributed by atoms with Gasteiger partial charge in [-0.15, -0.1) is 0 Å². The van der Waals surface area contributed by atoms with E-state index in [-0.39, 0.29) is 5.91 Å². The Hall–Kier alpha value is -2.75. The van der Waals surface area contributed by atoms with Crippen molar-refractivity contribution in [2.75, 3.05) is 10.6 Å². The van der Waals surface area contributed by atoms with Crippen molar-refractivity contribution in [2.45, 2.75) is 0 Å². The number of amides is 1. The largest absolute Gasteiger partial charge is 0.354 e. The second kappa shape index (κ2) is 6.87. The average molecular weight is 381 g/mol. The Morgan fingerprint density at radius 1 is 0.846 bits per heavy atom. The molecular weight excluding hydrogens is 367 g/mol. The first-order chi connectivity index (χ1) is 12.6. The quantitative estimate of drug-likeness (QED) is 0.553. The maximum atomic E-state index is 12.7. The summed E-state index contributed by atoms with van der Waals surface area (Å²) in [5, 5.41) is 7.50. The van der Waals surface area contributed by atoms with Gasteiger partial charge in [-0.05, 0) is 42.0 Å². The molecule has 0 unspecified atom stereocenters. The molecule has 0 saturated carbocycles. The maximum Gasteiger partial charge on any atom is 0.258 e. The zero-order chi connectivity index (χ0) is 18.1. The van der Waals surface area contributed by atoms with E-state index in [2.05, 4.69) is 10.6 Å². The predicted octanol–water partition coefficient (Wildman–Crippen LogP) is 5.93. The van der Waals surface area contributed by atoms with Crippen molar-refractivity contribution in [1.82, 2.24) is 0 Å². The lowest BCUT2D eigenvalue weighted by Gasteiger charge is -2.15. The van der Waals surface area contributed by atoms with Crippen LogP contribution in [0.15, 0.2) is 72.8 Å². The highest BCUT2D eigenvalue weighted by Gasteiger charge is 2.28.